The number of nitrogens with zero attached hydrogens (tertiary/aromatic N) is 2. The van der Waals surface area contributed by atoms with Crippen molar-refractivity contribution in [1.29, 1.82) is 0 Å². The molecule has 4 aliphatic rings. The number of rotatable bonds is 5. The fraction of sp³-hybridized carbons (Fsp3) is 0.552. The molecule has 0 bridgehead atoms. The van der Waals surface area contributed by atoms with E-state index in [0.29, 0.717) is 25.2 Å². The molecule has 2 saturated carbocycles. The first-order chi connectivity index (χ1) is 18.6. The van der Waals surface area contributed by atoms with Gasteiger partial charge in [-0.3, -0.25) is 14.7 Å². The summed E-state index contributed by atoms with van der Waals surface area (Å²) in [4.78, 5) is 33.6. The molecule has 210 valence electrons. The van der Waals surface area contributed by atoms with Crippen LogP contribution in [0.3, 0.4) is 0 Å². The zero-order valence-electron chi connectivity index (χ0n) is 22.6. The van der Waals surface area contributed by atoms with Gasteiger partial charge in [0.2, 0.25) is 0 Å². The Labute approximate surface area is 227 Å². The van der Waals surface area contributed by atoms with Crippen LogP contribution in [0.25, 0.3) is 6.08 Å². The number of aliphatic hydroxyl groups excluding tert-OH is 2. The van der Waals surface area contributed by atoms with E-state index in [1.807, 2.05) is 13.0 Å². The number of hydrogen-bond donors (Lipinski definition) is 4. The second-order valence-corrected chi connectivity index (χ2v) is 11.7. The van der Waals surface area contributed by atoms with E-state index >= 15 is 0 Å². The van der Waals surface area contributed by atoms with Gasteiger partial charge in [-0.25, -0.2) is 9.78 Å². The number of cyclic esters (lactones) is 1. The Kier molecular flexibility index (Phi) is 7.41. The minimum absolute atomic E-state index is 0.00662. The van der Waals surface area contributed by atoms with Crippen LogP contribution in [0.15, 0.2) is 52.7 Å². The highest BCUT2D eigenvalue weighted by Crippen LogP contribution is 2.61. The number of anilines is 1. The highest BCUT2D eigenvalue weighted by Gasteiger charge is 2.59. The topological polar surface area (TPSA) is 151 Å². The second kappa shape index (κ2) is 10.5. The van der Waals surface area contributed by atoms with Crippen molar-refractivity contribution in [2.45, 2.75) is 45.3 Å². The van der Waals surface area contributed by atoms with Crippen LogP contribution in [0.4, 0.5) is 5.95 Å². The van der Waals surface area contributed by atoms with Gasteiger partial charge in [-0.1, -0.05) is 38.2 Å². The molecule has 0 radical (unpaired) electrons. The number of nitrogen functional groups attached to an aromatic ring is 1. The van der Waals surface area contributed by atoms with Gasteiger partial charge in [0.1, 0.15) is 5.76 Å². The number of nitrogens with one attached hydrogen (secondary N) is 1. The predicted octanol–water partition coefficient (Wildman–Crippen LogP) is 1.79. The number of morpholine rings is 1. The van der Waals surface area contributed by atoms with Gasteiger partial charge in [-0.15, -0.1) is 0 Å². The van der Waals surface area contributed by atoms with Crippen molar-refractivity contribution >= 4 is 18.0 Å². The molecule has 10 nitrogen and oxygen atoms in total. The number of aliphatic hydroxyl groups is 2. The van der Waals surface area contributed by atoms with Crippen LogP contribution >= 0.6 is 0 Å². The Balaban J connectivity index is 1.48. The van der Waals surface area contributed by atoms with Gasteiger partial charge in [0.05, 0.1) is 37.1 Å². The van der Waals surface area contributed by atoms with E-state index in [2.05, 4.69) is 28.4 Å². The number of carbonyl (C=O) groups excluding carboxylic acids is 1. The normalized spacial score (nSPS) is 36.7. The molecule has 3 heterocycles. The Hall–Kier alpha value is -3.05. The number of H-pyrrole nitrogens is 1. The molecular weight excluding hydrogens is 500 g/mol. The average molecular weight is 539 g/mol. The molecule has 0 amide bonds. The first-order valence-electron chi connectivity index (χ1n) is 13.5. The monoisotopic (exact) mass is 538 g/mol. The SMILES string of the molecule is C=C1C(N2CCOCC2)CC2[C@](C)(CC[C@@H](O)[C@@]2(C)CO)C1C=CC1=CC(=Cc2cnc(N)[nH]c2=O)OC1=O. The molecule has 1 aromatic heterocycles. The number of hydrogen-bond acceptors (Lipinski definition) is 9. The van der Waals surface area contributed by atoms with Crippen LogP contribution in [-0.4, -0.2) is 76.1 Å². The maximum atomic E-state index is 12.7. The fourth-order valence-corrected chi connectivity index (χ4v) is 7.15. The van der Waals surface area contributed by atoms with E-state index in [0.717, 1.165) is 31.5 Å². The molecule has 1 aromatic rings. The fourth-order valence-electron chi connectivity index (χ4n) is 7.15. The number of aromatic nitrogens is 2. The lowest BCUT2D eigenvalue weighted by Crippen LogP contribution is -2.61. The zero-order chi connectivity index (χ0) is 27.9. The highest BCUT2D eigenvalue weighted by atomic mass is 16.5. The molecule has 39 heavy (non-hydrogen) atoms. The smallest absolute Gasteiger partial charge is 0.343 e. The largest absolute Gasteiger partial charge is 0.423 e. The number of ether oxygens (including phenoxy) is 2. The maximum absolute atomic E-state index is 12.7. The van der Waals surface area contributed by atoms with Gasteiger partial charge < -0.3 is 25.4 Å². The Morgan fingerprint density at radius 2 is 2.05 bits per heavy atom. The van der Waals surface area contributed by atoms with E-state index < -0.39 is 23.0 Å². The number of nitrogens with two attached hydrogens (primary N) is 1. The third-order valence-electron chi connectivity index (χ3n) is 9.49. The summed E-state index contributed by atoms with van der Waals surface area (Å²) in [5, 5.41) is 21.5. The van der Waals surface area contributed by atoms with Crippen LogP contribution in [0.2, 0.25) is 0 Å². The van der Waals surface area contributed by atoms with Gasteiger partial charge in [0, 0.05) is 36.7 Å². The number of allylic oxidation sites excluding steroid dienone is 2. The third-order valence-corrected chi connectivity index (χ3v) is 9.49. The maximum Gasteiger partial charge on any atom is 0.343 e. The first kappa shape index (κ1) is 27.5. The van der Waals surface area contributed by atoms with Gasteiger partial charge >= 0.3 is 5.97 Å². The average Bonchev–Trinajstić information content (AvgIpc) is 3.27. The summed E-state index contributed by atoms with van der Waals surface area (Å²) >= 11 is 0. The van der Waals surface area contributed by atoms with Gasteiger partial charge in [0.15, 0.2) is 5.95 Å². The van der Waals surface area contributed by atoms with E-state index in [1.54, 1.807) is 12.2 Å². The summed E-state index contributed by atoms with van der Waals surface area (Å²) < 4.78 is 11.0. The van der Waals surface area contributed by atoms with E-state index in [1.165, 1.54) is 12.3 Å². The predicted molar refractivity (Wildman–Crippen MR) is 146 cm³/mol. The number of aromatic amines is 1. The summed E-state index contributed by atoms with van der Waals surface area (Å²) in [7, 11) is 0. The molecule has 6 atom stereocenters. The van der Waals surface area contributed by atoms with Crippen LogP contribution < -0.4 is 11.3 Å². The summed E-state index contributed by atoms with van der Waals surface area (Å²) in [6.45, 7) is 11.6. The third kappa shape index (κ3) is 4.91. The van der Waals surface area contributed by atoms with Gasteiger partial charge in [-0.2, -0.15) is 0 Å². The second-order valence-electron chi connectivity index (χ2n) is 11.7. The molecule has 1 saturated heterocycles. The van der Waals surface area contributed by atoms with Crippen LogP contribution in [0.1, 0.15) is 38.7 Å². The standard InChI is InChI=1S/C29H38N4O6/c1-17-21(5-4-18-12-20(39-26(18)37)13-19-15-31-27(30)32-25(19)36)28(2)7-6-24(35)29(3,16-34)23(28)14-22(17)33-8-10-38-11-9-33/h4-5,12-13,15,21-24,34-35H,1,6-11,14,16H2,2-3H3,(H3,30,31,32,36)/t21?,22?,23?,24-,28-,29+/m1/s1. The van der Waals surface area contributed by atoms with E-state index in [9.17, 15) is 19.8 Å². The van der Waals surface area contributed by atoms with Crippen molar-refractivity contribution in [2.75, 3.05) is 38.6 Å². The van der Waals surface area contributed by atoms with Crippen molar-refractivity contribution in [2.24, 2.45) is 22.7 Å². The summed E-state index contributed by atoms with van der Waals surface area (Å²) in [6.07, 6.45) is 9.76. The van der Waals surface area contributed by atoms with Crippen LogP contribution in [0.5, 0.6) is 0 Å². The van der Waals surface area contributed by atoms with Crippen LogP contribution in [0, 0.1) is 22.7 Å². The molecule has 5 N–H and O–H groups in total. The van der Waals surface area contributed by atoms with Crippen LogP contribution in [-0.2, 0) is 14.3 Å². The molecule has 3 fully saturated rings. The van der Waals surface area contributed by atoms with Crippen molar-refractivity contribution in [3.05, 3.63) is 63.8 Å². The van der Waals surface area contributed by atoms with Gasteiger partial charge in [0.25, 0.3) is 5.56 Å². The molecule has 2 aliphatic carbocycles. The lowest BCUT2D eigenvalue weighted by atomic mass is 9.45. The molecule has 2 aliphatic heterocycles. The molecule has 3 unspecified atom stereocenters. The van der Waals surface area contributed by atoms with Crippen molar-refractivity contribution in [3.63, 3.8) is 0 Å². The van der Waals surface area contributed by atoms with Crippen molar-refractivity contribution in [1.82, 2.24) is 14.9 Å². The Morgan fingerprint density at radius 1 is 1.31 bits per heavy atom. The molecular formula is C29H38N4O6. The molecule has 10 heteroatoms. The molecule has 5 rings (SSSR count). The summed E-state index contributed by atoms with van der Waals surface area (Å²) in [5.74, 6) is -0.315. The minimum atomic E-state index is -0.647. The number of esters is 1. The quantitative estimate of drug-likeness (QED) is 0.325. The Bertz CT molecular complexity index is 1290. The lowest BCUT2D eigenvalue weighted by Gasteiger charge is -2.62. The van der Waals surface area contributed by atoms with E-state index in [4.69, 9.17) is 15.2 Å². The number of fused-ring (bicyclic) bond motifs is 1. The van der Waals surface area contributed by atoms with E-state index in [-0.39, 0.29) is 47.2 Å². The lowest BCUT2D eigenvalue weighted by molar-refractivity contribution is -0.156. The Morgan fingerprint density at radius 3 is 2.74 bits per heavy atom. The highest BCUT2D eigenvalue weighted by molar-refractivity contribution is 5.96. The molecule has 0 spiro atoms. The van der Waals surface area contributed by atoms with Crippen molar-refractivity contribution < 1.29 is 24.5 Å². The number of carbonyl (C=O) groups is 1. The summed E-state index contributed by atoms with van der Waals surface area (Å²) in [5.41, 5.74) is 5.83. The minimum Gasteiger partial charge on any atom is -0.423 e. The van der Waals surface area contributed by atoms with Crippen molar-refractivity contribution in [3.8, 4) is 0 Å². The molecule has 0 aromatic carbocycles. The first-order valence-corrected chi connectivity index (χ1v) is 13.5. The zero-order valence-corrected chi connectivity index (χ0v) is 22.6. The van der Waals surface area contributed by atoms with Gasteiger partial charge in [-0.05, 0) is 42.7 Å². The summed E-state index contributed by atoms with van der Waals surface area (Å²) in [6, 6.07) is 0.0718.